The first-order valence-electron chi connectivity index (χ1n) is 6.00. The van der Waals surface area contributed by atoms with Crippen LogP contribution in [-0.4, -0.2) is 20.5 Å². The maximum Gasteiger partial charge on any atom is 0.144 e. The third-order valence-electron chi connectivity index (χ3n) is 2.59. The molecule has 0 amide bonds. The molecule has 0 aliphatic rings. The Labute approximate surface area is 134 Å². The van der Waals surface area contributed by atoms with Crippen molar-refractivity contribution in [1.29, 1.82) is 0 Å². The first-order valence-corrected chi connectivity index (χ1v) is 8.27. The predicted molar refractivity (Wildman–Crippen MR) is 89.9 cm³/mol. The van der Waals surface area contributed by atoms with E-state index in [9.17, 15) is 4.55 Å². The van der Waals surface area contributed by atoms with E-state index in [0.717, 1.165) is 15.4 Å². The Balaban J connectivity index is 2.41. The summed E-state index contributed by atoms with van der Waals surface area (Å²) in [6, 6.07) is 7.67. The van der Waals surface area contributed by atoms with E-state index in [0.29, 0.717) is 10.7 Å². The number of rotatable bonds is 2. The first-order chi connectivity index (χ1) is 9.29. The molecular formula is C14H14BrClN2OS. The Morgan fingerprint density at radius 1 is 1.40 bits per heavy atom. The van der Waals surface area contributed by atoms with Gasteiger partial charge in [-0.1, -0.05) is 28.1 Å². The number of halogens is 2. The van der Waals surface area contributed by atoms with Gasteiger partial charge in [-0.15, -0.1) is 0 Å². The van der Waals surface area contributed by atoms with Crippen molar-refractivity contribution >= 4 is 56.0 Å². The van der Waals surface area contributed by atoms with E-state index in [1.165, 1.54) is 6.21 Å². The Kier molecular flexibility index (Phi) is 4.74. The van der Waals surface area contributed by atoms with E-state index < -0.39 is 16.1 Å². The molecule has 0 saturated carbocycles. The van der Waals surface area contributed by atoms with Crippen LogP contribution in [0.5, 0.6) is 0 Å². The molecule has 0 unspecified atom stereocenters. The normalized spacial score (nSPS) is 14.1. The van der Waals surface area contributed by atoms with Crippen LogP contribution < -0.4 is 0 Å². The average molecular weight is 374 g/mol. The molecule has 3 nitrogen and oxygen atoms in total. The Hall–Kier alpha value is -0.620. The molecule has 0 saturated heterocycles. The van der Waals surface area contributed by atoms with Gasteiger partial charge in [0.25, 0.3) is 0 Å². The number of aromatic nitrogens is 1. The SMILES string of the molecule is CC(C)(C)[S@@+]([O-])N=Cc1cc2cccc(Br)c2nc1Cl. The molecule has 106 valence electrons. The quantitative estimate of drug-likeness (QED) is 0.441. The van der Waals surface area contributed by atoms with Gasteiger partial charge in [0.2, 0.25) is 0 Å². The van der Waals surface area contributed by atoms with Gasteiger partial charge < -0.3 is 4.55 Å². The second-order valence-corrected chi connectivity index (χ2v) is 8.42. The standard InChI is InChI=1S/C14H14BrClN2OS/c1-14(2,3)20(19)17-8-10-7-9-5-4-6-11(15)12(9)18-13(10)16/h4-8H,1-3H3/t20-/m1/s1. The van der Waals surface area contributed by atoms with E-state index in [1.54, 1.807) is 0 Å². The summed E-state index contributed by atoms with van der Waals surface area (Å²) in [6.07, 6.45) is 1.52. The van der Waals surface area contributed by atoms with Crippen LogP contribution in [0.4, 0.5) is 0 Å². The minimum Gasteiger partial charge on any atom is -0.591 e. The summed E-state index contributed by atoms with van der Waals surface area (Å²) >= 11 is 8.28. The maximum atomic E-state index is 11.9. The van der Waals surface area contributed by atoms with E-state index in [4.69, 9.17) is 11.6 Å². The van der Waals surface area contributed by atoms with Crippen LogP contribution in [0.2, 0.25) is 5.15 Å². The minimum absolute atomic E-state index is 0.346. The lowest BCUT2D eigenvalue weighted by molar-refractivity contribution is 0.562. The molecule has 1 heterocycles. The minimum atomic E-state index is -1.31. The molecular weight excluding hydrogens is 360 g/mol. The van der Waals surface area contributed by atoms with Crippen molar-refractivity contribution in [2.45, 2.75) is 25.5 Å². The van der Waals surface area contributed by atoms with Crippen LogP contribution in [0.1, 0.15) is 26.3 Å². The number of fused-ring (bicyclic) bond motifs is 1. The third-order valence-corrected chi connectivity index (χ3v) is 4.88. The maximum absolute atomic E-state index is 11.9. The molecule has 2 rings (SSSR count). The summed E-state index contributed by atoms with van der Waals surface area (Å²) < 4.78 is 16.5. The highest BCUT2D eigenvalue weighted by Crippen LogP contribution is 2.26. The predicted octanol–water partition coefficient (Wildman–Crippen LogP) is 4.53. The Morgan fingerprint density at radius 3 is 2.75 bits per heavy atom. The van der Waals surface area contributed by atoms with Crippen molar-refractivity contribution in [3.05, 3.63) is 39.5 Å². The number of para-hydroxylation sites is 1. The van der Waals surface area contributed by atoms with Gasteiger partial charge in [0.1, 0.15) is 21.3 Å². The molecule has 1 aromatic carbocycles. The summed E-state index contributed by atoms with van der Waals surface area (Å²) in [5, 5.41) is 1.30. The zero-order valence-electron chi connectivity index (χ0n) is 11.4. The fraction of sp³-hybridized carbons (Fsp3) is 0.286. The third kappa shape index (κ3) is 3.52. The van der Waals surface area contributed by atoms with Crippen molar-refractivity contribution < 1.29 is 4.55 Å². The molecule has 2 aromatic rings. The fourth-order valence-corrected chi connectivity index (χ4v) is 2.69. The molecule has 0 spiro atoms. The molecule has 20 heavy (non-hydrogen) atoms. The van der Waals surface area contributed by atoms with Gasteiger partial charge in [0.15, 0.2) is 0 Å². The molecule has 0 aliphatic carbocycles. The van der Waals surface area contributed by atoms with Gasteiger partial charge >= 0.3 is 0 Å². The molecule has 0 radical (unpaired) electrons. The number of nitrogens with zero attached hydrogens (tertiary/aromatic N) is 2. The Morgan fingerprint density at radius 2 is 2.10 bits per heavy atom. The van der Waals surface area contributed by atoms with Crippen LogP contribution in [0.3, 0.4) is 0 Å². The molecule has 6 heteroatoms. The molecule has 0 fully saturated rings. The van der Waals surface area contributed by atoms with Gasteiger partial charge in [-0.05, 0) is 48.8 Å². The summed E-state index contributed by atoms with van der Waals surface area (Å²) in [5.41, 5.74) is 1.46. The number of hydrogen-bond donors (Lipinski definition) is 0. The zero-order chi connectivity index (χ0) is 14.9. The van der Waals surface area contributed by atoms with Crippen LogP contribution in [-0.2, 0) is 11.4 Å². The lowest BCUT2D eigenvalue weighted by atomic mass is 10.2. The van der Waals surface area contributed by atoms with Gasteiger partial charge in [-0.2, -0.15) is 0 Å². The second-order valence-electron chi connectivity index (χ2n) is 5.28. The fourth-order valence-electron chi connectivity index (χ4n) is 1.51. The van der Waals surface area contributed by atoms with Crippen molar-refractivity contribution in [3.8, 4) is 0 Å². The van der Waals surface area contributed by atoms with Crippen LogP contribution in [0.25, 0.3) is 10.9 Å². The largest absolute Gasteiger partial charge is 0.591 e. The first kappa shape index (κ1) is 15.8. The van der Waals surface area contributed by atoms with Crippen LogP contribution in [0, 0.1) is 0 Å². The van der Waals surface area contributed by atoms with Crippen LogP contribution in [0.15, 0.2) is 33.1 Å². The average Bonchev–Trinajstić information content (AvgIpc) is 2.36. The summed E-state index contributed by atoms with van der Waals surface area (Å²) in [4.78, 5) is 4.34. The van der Waals surface area contributed by atoms with E-state index >= 15 is 0 Å². The second kappa shape index (κ2) is 6.02. The number of benzene rings is 1. The van der Waals surface area contributed by atoms with Crippen LogP contribution >= 0.6 is 27.5 Å². The highest BCUT2D eigenvalue weighted by Gasteiger charge is 2.25. The number of hydrogen-bond acceptors (Lipinski definition) is 3. The molecule has 0 bridgehead atoms. The van der Waals surface area contributed by atoms with E-state index in [-0.39, 0.29) is 0 Å². The molecule has 0 N–H and O–H groups in total. The lowest BCUT2D eigenvalue weighted by Crippen LogP contribution is -2.25. The van der Waals surface area contributed by atoms with Gasteiger partial charge in [0, 0.05) is 15.4 Å². The topological polar surface area (TPSA) is 48.3 Å². The van der Waals surface area contributed by atoms with E-state index in [2.05, 4.69) is 25.3 Å². The molecule has 0 aliphatic heterocycles. The summed E-state index contributed by atoms with van der Waals surface area (Å²) in [5.74, 6) is 0. The monoisotopic (exact) mass is 372 g/mol. The van der Waals surface area contributed by atoms with E-state index in [1.807, 2.05) is 45.0 Å². The van der Waals surface area contributed by atoms with Gasteiger partial charge in [0.05, 0.1) is 11.7 Å². The molecule has 1 aromatic heterocycles. The number of pyridine rings is 1. The van der Waals surface area contributed by atoms with Gasteiger partial charge in [-0.3, -0.25) is 0 Å². The van der Waals surface area contributed by atoms with Crippen molar-refractivity contribution in [2.75, 3.05) is 0 Å². The highest BCUT2D eigenvalue weighted by atomic mass is 79.9. The van der Waals surface area contributed by atoms with Gasteiger partial charge in [-0.25, -0.2) is 4.98 Å². The van der Waals surface area contributed by atoms with Crippen molar-refractivity contribution in [2.24, 2.45) is 4.40 Å². The summed E-state index contributed by atoms with van der Waals surface area (Å²) in [7, 11) is 0. The smallest absolute Gasteiger partial charge is 0.144 e. The Bertz CT molecular complexity index is 670. The molecule has 1 atom stereocenters. The lowest BCUT2D eigenvalue weighted by Gasteiger charge is -2.17. The van der Waals surface area contributed by atoms with Crippen molar-refractivity contribution in [1.82, 2.24) is 4.98 Å². The summed E-state index contributed by atoms with van der Waals surface area (Å²) in [6.45, 7) is 5.62. The zero-order valence-corrected chi connectivity index (χ0v) is 14.5. The van der Waals surface area contributed by atoms with Crippen molar-refractivity contribution in [3.63, 3.8) is 0 Å². The highest BCUT2D eigenvalue weighted by molar-refractivity contribution is 9.10.